The Balaban J connectivity index is 1.72. The Morgan fingerprint density at radius 2 is 1.65 bits per heavy atom. The van der Waals surface area contributed by atoms with Gasteiger partial charge in [0.25, 0.3) is 0 Å². The lowest BCUT2D eigenvalue weighted by molar-refractivity contribution is -0.143. The van der Waals surface area contributed by atoms with Gasteiger partial charge in [-0.25, -0.2) is 4.79 Å². The van der Waals surface area contributed by atoms with E-state index in [-0.39, 0.29) is 12.6 Å². The highest BCUT2D eigenvalue weighted by atomic mass is 19.4. The van der Waals surface area contributed by atoms with E-state index in [9.17, 15) is 31.1 Å². The lowest BCUT2D eigenvalue weighted by Gasteiger charge is -2.20. The van der Waals surface area contributed by atoms with E-state index in [0.29, 0.717) is 43.9 Å². The van der Waals surface area contributed by atoms with Crippen molar-refractivity contribution in [3.8, 4) is 0 Å². The first-order valence-corrected chi connectivity index (χ1v) is 9.22. The molecule has 12 heteroatoms. The van der Waals surface area contributed by atoms with Crippen LogP contribution in [0.25, 0.3) is 0 Å². The molecule has 3 rings (SSSR count). The maximum Gasteiger partial charge on any atom is 0.416 e. The third-order valence-electron chi connectivity index (χ3n) is 4.62. The number of methoxy groups -OCH3 is 1. The highest BCUT2D eigenvalue weighted by molar-refractivity contribution is 5.67. The number of benzene rings is 1. The molecule has 2 aromatic rings. The number of amides is 1. The summed E-state index contributed by atoms with van der Waals surface area (Å²) in [6.45, 7) is 0.563. The second-order valence-corrected chi connectivity index (χ2v) is 7.03. The molecule has 0 fully saturated rings. The van der Waals surface area contributed by atoms with Gasteiger partial charge in [0.1, 0.15) is 6.61 Å². The smallest absolute Gasteiger partial charge is 0.416 e. The van der Waals surface area contributed by atoms with Crippen LogP contribution in [0.15, 0.2) is 24.3 Å². The number of fused-ring (bicyclic) bond motifs is 1. The van der Waals surface area contributed by atoms with Gasteiger partial charge in [-0.05, 0) is 36.2 Å². The molecule has 170 valence electrons. The minimum absolute atomic E-state index is 0.0267. The molecule has 2 heterocycles. The number of alkyl halides is 6. The molecule has 31 heavy (non-hydrogen) atoms. The fourth-order valence-electron chi connectivity index (χ4n) is 3.24. The number of ether oxygens (including phenoxy) is 2. The van der Waals surface area contributed by atoms with Gasteiger partial charge < -0.3 is 14.4 Å². The standard InChI is InChI=1S/C19H19F6N3O3/c1-30-11-15-8-16-9-27(3-2-4-28(16)26-15)17(29)31-10-12-5-13(18(20,21)22)7-14(6-12)19(23,24)25/h5-8H,2-4,9-11H2,1H3. The minimum atomic E-state index is -4.97. The number of rotatable bonds is 4. The molecule has 1 aliphatic rings. The van der Waals surface area contributed by atoms with Crippen molar-refractivity contribution in [3.63, 3.8) is 0 Å². The second-order valence-electron chi connectivity index (χ2n) is 7.03. The average Bonchev–Trinajstić information content (AvgIpc) is 2.94. The number of carbonyl (C=O) groups is 1. The molecule has 0 saturated heterocycles. The van der Waals surface area contributed by atoms with Crippen molar-refractivity contribution >= 4 is 6.09 Å². The number of nitrogens with zero attached hydrogens (tertiary/aromatic N) is 3. The van der Waals surface area contributed by atoms with E-state index in [1.54, 1.807) is 10.7 Å². The quantitative estimate of drug-likeness (QED) is 0.638. The molecule has 0 radical (unpaired) electrons. The fourth-order valence-corrected chi connectivity index (χ4v) is 3.24. The van der Waals surface area contributed by atoms with Crippen molar-refractivity contribution in [2.24, 2.45) is 0 Å². The van der Waals surface area contributed by atoms with Gasteiger partial charge in [-0.15, -0.1) is 0 Å². The summed E-state index contributed by atoms with van der Waals surface area (Å²) in [5.41, 5.74) is -1.93. The zero-order chi connectivity index (χ0) is 22.8. The minimum Gasteiger partial charge on any atom is -0.445 e. The van der Waals surface area contributed by atoms with Crippen molar-refractivity contribution in [2.75, 3.05) is 13.7 Å². The summed E-state index contributed by atoms with van der Waals surface area (Å²) in [6, 6.07) is 2.87. The van der Waals surface area contributed by atoms with Crippen LogP contribution in [-0.4, -0.2) is 34.4 Å². The van der Waals surface area contributed by atoms with Crippen LogP contribution in [0.3, 0.4) is 0 Å². The van der Waals surface area contributed by atoms with Gasteiger partial charge in [-0.2, -0.15) is 31.4 Å². The van der Waals surface area contributed by atoms with Crippen molar-refractivity contribution in [1.29, 1.82) is 0 Å². The van der Waals surface area contributed by atoms with Gasteiger partial charge in [0.05, 0.1) is 35.7 Å². The van der Waals surface area contributed by atoms with E-state index >= 15 is 0 Å². The molecule has 0 spiro atoms. The lowest BCUT2D eigenvalue weighted by Crippen LogP contribution is -2.31. The molecular formula is C19H19F6N3O3. The van der Waals surface area contributed by atoms with E-state index < -0.39 is 41.7 Å². The number of carbonyl (C=O) groups excluding carboxylic acids is 1. The van der Waals surface area contributed by atoms with E-state index in [4.69, 9.17) is 9.47 Å². The number of hydrogen-bond acceptors (Lipinski definition) is 4. The first-order valence-electron chi connectivity index (χ1n) is 9.22. The third-order valence-corrected chi connectivity index (χ3v) is 4.62. The molecular weight excluding hydrogens is 432 g/mol. The third kappa shape index (κ3) is 5.69. The largest absolute Gasteiger partial charge is 0.445 e. The molecule has 1 aromatic carbocycles. The predicted octanol–water partition coefficient (Wildman–Crippen LogP) is 4.61. The molecule has 0 atom stereocenters. The van der Waals surface area contributed by atoms with Crippen LogP contribution < -0.4 is 0 Å². The van der Waals surface area contributed by atoms with Crippen LogP contribution in [-0.2, 0) is 48.1 Å². The summed E-state index contributed by atoms with van der Waals surface area (Å²) in [7, 11) is 1.52. The molecule has 6 nitrogen and oxygen atoms in total. The van der Waals surface area contributed by atoms with E-state index in [2.05, 4.69) is 5.10 Å². The zero-order valence-electron chi connectivity index (χ0n) is 16.4. The number of halogens is 6. The van der Waals surface area contributed by atoms with Crippen molar-refractivity contribution in [1.82, 2.24) is 14.7 Å². The Hall–Kier alpha value is -2.76. The molecule has 1 amide bonds. The van der Waals surface area contributed by atoms with E-state index in [1.807, 2.05) is 0 Å². The van der Waals surface area contributed by atoms with Gasteiger partial charge in [-0.1, -0.05) is 0 Å². The topological polar surface area (TPSA) is 56.6 Å². The second kappa shape index (κ2) is 8.77. The van der Waals surface area contributed by atoms with Crippen LogP contribution in [0.5, 0.6) is 0 Å². The van der Waals surface area contributed by atoms with Gasteiger partial charge in [0, 0.05) is 20.2 Å². The first-order chi connectivity index (χ1) is 14.5. The maximum absolute atomic E-state index is 13.0. The highest BCUT2D eigenvalue weighted by Gasteiger charge is 2.37. The number of aryl methyl sites for hydroxylation is 1. The summed E-state index contributed by atoms with van der Waals surface area (Å²) in [6.07, 6.45) is -10.2. The first kappa shape index (κ1) is 22.9. The molecule has 0 bridgehead atoms. The molecule has 1 aliphatic heterocycles. The molecule has 1 aromatic heterocycles. The normalized spacial score (nSPS) is 14.9. The Labute approximate surface area is 173 Å². The monoisotopic (exact) mass is 451 g/mol. The summed E-state index contributed by atoms with van der Waals surface area (Å²) >= 11 is 0. The summed E-state index contributed by atoms with van der Waals surface area (Å²) in [4.78, 5) is 13.8. The predicted molar refractivity (Wildman–Crippen MR) is 94.6 cm³/mol. The van der Waals surface area contributed by atoms with Crippen LogP contribution >= 0.6 is 0 Å². The van der Waals surface area contributed by atoms with Gasteiger partial charge >= 0.3 is 18.4 Å². The lowest BCUT2D eigenvalue weighted by atomic mass is 10.1. The average molecular weight is 451 g/mol. The van der Waals surface area contributed by atoms with Gasteiger partial charge in [0.2, 0.25) is 0 Å². The van der Waals surface area contributed by atoms with E-state index in [1.165, 1.54) is 12.0 Å². The fraction of sp³-hybridized carbons (Fsp3) is 0.474. The maximum atomic E-state index is 13.0. The van der Waals surface area contributed by atoms with Crippen molar-refractivity contribution < 1.29 is 40.6 Å². The molecule has 0 N–H and O–H groups in total. The van der Waals surface area contributed by atoms with Crippen LogP contribution in [0, 0.1) is 0 Å². The van der Waals surface area contributed by atoms with Crippen molar-refractivity contribution in [3.05, 3.63) is 52.3 Å². The Morgan fingerprint density at radius 3 is 2.23 bits per heavy atom. The van der Waals surface area contributed by atoms with E-state index in [0.717, 1.165) is 5.69 Å². The SMILES string of the molecule is COCc1cc2n(n1)CCCN(C(=O)OCc1cc(C(F)(F)F)cc(C(F)(F)F)c1)C2. The van der Waals surface area contributed by atoms with Crippen LogP contribution in [0.4, 0.5) is 31.1 Å². The molecule has 0 saturated carbocycles. The van der Waals surface area contributed by atoms with Crippen LogP contribution in [0.2, 0.25) is 0 Å². The van der Waals surface area contributed by atoms with Gasteiger partial charge in [0.15, 0.2) is 0 Å². The van der Waals surface area contributed by atoms with Crippen LogP contribution in [0.1, 0.15) is 34.5 Å². The number of aromatic nitrogens is 2. The Morgan fingerprint density at radius 1 is 1.00 bits per heavy atom. The molecule has 0 aliphatic carbocycles. The summed E-state index contributed by atoms with van der Waals surface area (Å²) in [5, 5.41) is 4.35. The Kier molecular flexibility index (Phi) is 6.48. The number of hydrogen-bond donors (Lipinski definition) is 0. The molecule has 0 unspecified atom stereocenters. The zero-order valence-corrected chi connectivity index (χ0v) is 16.4. The Bertz CT molecular complexity index is 907. The highest BCUT2D eigenvalue weighted by Crippen LogP contribution is 2.36. The van der Waals surface area contributed by atoms with Crippen molar-refractivity contribution in [2.45, 2.75) is 45.1 Å². The summed E-state index contributed by atoms with van der Waals surface area (Å²) < 4.78 is 89.6. The van der Waals surface area contributed by atoms with Gasteiger partial charge in [-0.3, -0.25) is 4.68 Å². The summed E-state index contributed by atoms with van der Waals surface area (Å²) in [5.74, 6) is 0.